The summed E-state index contributed by atoms with van der Waals surface area (Å²) >= 11 is 18.9. The lowest BCUT2D eigenvalue weighted by Gasteiger charge is -2.33. The van der Waals surface area contributed by atoms with Gasteiger partial charge in [-0.05, 0) is 78.7 Å². The zero-order valence-corrected chi connectivity index (χ0v) is 22.1. The monoisotopic (exact) mass is 531 g/mol. The van der Waals surface area contributed by atoms with E-state index in [1.807, 2.05) is 0 Å². The van der Waals surface area contributed by atoms with Crippen molar-refractivity contribution in [1.29, 1.82) is 5.26 Å². The molecule has 1 atom stereocenters. The standard InChI is InChI=1S/C25H23Cl2N3O2S2/c1-25(2,3)14-5-6-15-16(12-28)23(34-21(15)11-14)30-24(33)29-22(31)20-9-8-19(32-20)13-4-7-17(26)18(27)10-13/h4,7-10,14H,5-6,11H2,1-3H3,(H2,29,30,31,33). The number of anilines is 1. The Hall–Kier alpha value is -2.37. The van der Waals surface area contributed by atoms with Crippen LogP contribution in [0.3, 0.4) is 0 Å². The molecule has 1 aliphatic rings. The Bertz CT molecular complexity index is 1310. The topological polar surface area (TPSA) is 78.1 Å². The molecule has 176 valence electrons. The lowest BCUT2D eigenvalue weighted by molar-refractivity contribution is 0.0951. The Morgan fingerprint density at radius 3 is 2.68 bits per heavy atom. The van der Waals surface area contributed by atoms with E-state index in [2.05, 4.69) is 37.5 Å². The van der Waals surface area contributed by atoms with Crippen LogP contribution < -0.4 is 10.6 Å². The van der Waals surface area contributed by atoms with Crippen LogP contribution in [0.1, 0.15) is 53.8 Å². The number of thiocarbonyl (C=S) groups is 1. The Labute approximate surface area is 218 Å². The first kappa shape index (κ1) is 24.7. The first-order valence-electron chi connectivity index (χ1n) is 10.8. The first-order chi connectivity index (χ1) is 16.1. The number of amides is 1. The van der Waals surface area contributed by atoms with Crippen molar-refractivity contribution < 1.29 is 9.21 Å². The third kappa shape index (κ3) is 5.16. The summed E-state index contributed by atoms with van der Waals surface area (Å²) in [6.07, 6.45) is 2.88. The molecule has 0 aliphatic heterocycles. The minimum atomic E-state index is -0.489. The van der Waals surface area contributed by atoms with E-state index < -0.39 is 5.91 Å². The smallest absolute Gasteiger partial charge is 0.293 e. The molecule has 1 unspecified atom stereocenters. The van der Waals surface area contributed by atoms with Gasteiger partial charge in [0.15, 0.2) is 10.9 Å². The average Bonchev–Trinajstić information content (AvgIpc) is 3.39. The summed E-state index contributed by atoms with van der Waals surface area (Å²) in [5, 5.41) is 17.1. The van der Waals surface area contributed by atoms with E-state index in [0.717, 1.165) is 24.8 Å². The molecule has 1 amide bonds. The van der Waals surface area contributed by atoms with Crippen LogP contribution in [0.15, 0.2) is 34.7 Å². The van der Waals surface area contributed by atoms with E-state index >= 15 is 0 Å². The molecular weight excluding hydrogens is 509 g/mol. The van der Waals surface area contributed by atoms with Crippen LogP contribution in [0.25, 0.3) is 11.3 Å². The van der Waals surface area contributed by atoms with Gasteiger partial charge in [0.05, 0.1) is 15.6 Å². The second kappa shape index (κ2) is 9.71. The Balaban J connectivity index is 1.45. The molecule has 2 heterocycles. The van der Waals surface area contributed by atoms with Crippen molar-refractivity contribution in [2.45, 2.75) is 40.0 Å². The summed E-state index contributed by atoms with van der Waals surface area (Å²) < 4.78 is 5.68. The van der Waals surface area contributed by atoms with Gasteiger partial charge in [-0.25, -0.2) is 0 Å². The summed E-state index contributed by atoms with van der Waals surface area (Å²) in [5.74, 6) is 0.655. The minimum absolute atomic E-state index is 0.101. The molecule has 1 aromatic carbocycles. The van der Waals surface area contributed by atoms with Gasteiger partial charge in [0, 0.05) is 10.4 Å². The number of hydrogen-bond acceptors (Lipinski definition) is 5. The van der Waals surface area contributed by atoms with Gasteiger partial charge >= 0.3 is 0 Å². The molecule has 34 heavy (non-hydrogen) atoms. The van der Waals surface area contributed by atoms with Gasteiger partial charge in [-0.1, -0.05) is 44.0 Å². The maximum atomic E-state index is 12.7. The van der Waals surface area contributed by atoms with Gasteiger partial charge < -0.3 is 9.73 Å². The van der Waals surface area contributed by atoms with E-state index in [9.17, 15) is 10.1 Å². The summed E-state index contributed by atoms with van der Waals surface area (Å²) in [6.45, 7) is 6.77. The van der Waals surface area contributed by atoms with Crippen molar-refractivity contribution in [3.8, 4) is 17.4 Å². The van der Waals surface area contributed by atoms with E-state index in [4.69, 9.17) is 39.8 Å². The van der Waals surface area contributed by atoms with Gasteiger partial charge in [0.1, 0.15) is 16.8 Å². The average molecular weight is 533 g/mol. The predicted octanol–water partition coefficient (Wildman–Crippen LogP) is 7.46. The van der Waals surface area contributed by atoms with E-state index in [0.29, 0.717) is 37.9 Å². The number of fused-ring (bicyclic) bond motifs is 1. The second-order valence-corrected chi connectivity index (χ2v) is 11.7. The number of rotatable bonds is 3. The fourth-order valence-electron chi connectivity index (χ4n) is 4.10. The number of nitrogens with one attached hydrogen (secondary N) is 2. The van der Waals surface area contributed by atoms with Gasteiger partial charge in [0.25, 0.3) is 5.91 Å². The minimum Gasteiger partial charge on any atom is -0.451 e. The highest BCUT2D eigenvalue weighted by molar-refractivity contribution is 7.80. The van der Waals surface area contributed by atoms with Crippen LogP contribution in [0, 0.1) is 22.7 Å². The van der Waals surface area contributed by atoms with Gasteiger partial charge in [-0.2, -0.15) is 5.26 Å². The molecule has 1 aliphatic carbocycles. The lowest BCUT2D eigenvalue weighted by atomic mass is 9.72. The Kier molecular flexibility index (Phi) is 7.07. The first-order valence-corrected chi connectivity index (χ1v) is 12.8. The Morgan fingerprint density at radius 2 is 2.00 bits per heavy atom. The molecule has 5 nitrogen and oxygen atoms in total. The zero-order valence-electron chi connectivity index (χ0n) is 18.9. The SMILES string of the molecule is CC(C)(C)C1CCc2c(sc(NC(=S)NC(=O)c3ccc(-c4ccc(Cl)c(Cl)c4)o3)c2C#N)C1. The second-order valence-electron chi connectivity index (χ2n) is 9.33. The number of hydrogen-bond donors (Lipinski definition) is 2. The molecule has 0 saturated heterocycles. The fraction of sp³-hybridized carbons (Fsp3) is 0.320. The normalized spacial score (nSPS) is 15.4. The highest BCUT2D eigenvalue weighted by atomic mass is 35.5. The number of halogens is 2. The van der Waals surface area contributed by atoms with E-state index in [1.165, 1.54) is 4.88 Å². The molecule has 2 N–H and O–H groups in total. The van der Waals surface area contributed by atoms with Crippen LogP contribution in [0.2, 0.25) is 10.0 Å². The molecule has 3 aromatic rings. The predicted molar refractivity (Wildman–Crippen MR) is 142 cm³/mol. The molecular formula is C25H23Cl2N3O2S2. The van der Waals surface area contributed by atoms with Gasteiger partial charge in [0.2, 0.25) is 0 Å². The quantitative estimate of drug-likeness (QED) is 0.342. The zero-order chi connectivity index (χ0) is 24.6. The number of nitrogens with zero attached hydrogens (tertiary/aromatic N) is 1. The summed E-state index contributed by atoms with van der Waals surface area (Å²) in [7, 11) is 0. The number of carbonyl (C=O) groups excluding carboxylic acids is 1. The summed E-state index contributed by atoms with van der Waals surface area (Å²) in [6, 6.07) is 10.6. The summed E-state index contributed by atoms with van der Waals surface area (Å²) in [5.41, 5.74) is 2.63. The van der Waals surface area contributed by atoms with Crippen molar-refractivity contribution in [2.75, 3.05) is 5.32 Å². The van der Waals surface area contributed by atoms with Crippen molar-refractivity contribution >= 4 is 62.8 Å². The number of carbonyl (C=O) groups is 1. The maximum Gasteiger partial charge on any atom is 0.293 e. The molecule has 0 saturated carbocycles. The van der Waals surface area contributed by atoms with Crippen molar-refractivity contribution in [2.24, 2.45) is 11.3 Å². The lowest BCUT2D eigenvalue weighted by Crippen LogP contribution is -2.33. The van der Waals surface area contributed by atoms with Crippen LogP contribution in [0.5, 0.6) is 0 Å². The molecule has 2 aromatic heterocycles. The number of thiophene rings is 1. The van der Waals surface area contributed by atoms with Gasteiger partial charge in [-0.15, -0.1) is 11.3 Å². The van der Waals surface area contributed by atoms with Gasteiger partial charge in [-0.3, -0.25) is 10.1 Å². The van der Waals surface area contributed by atoms with Crippen molar-refractivity contribution in [3.63, 3.8) is 0 Å². The highest BCUT2D eigenvalue weighted by Crippen LogP contribution is 2.44. The molecule has 0 spiro atoms. The fourth-order valence-corrected chi connectivity index (χ4v) is 5.93. The molecule has 9 heteroatoms. The molecule has 0 bridgehead atoms. The highest BCUT2D eigenvalue weighted by Gasteiger charge is 2.32. The van der Waals surface area contributed by atoms with Crippen LogP contribution in [-0.4, -0.2) is 11.0 Å². The maximum absolute atomic E-state index is 12.7. The number of nitriles is 1. The Morgan fingerprint density at radius 1 is 1.24 bits per heavy atom. The van der Waals surface area contributed by atoms with Crippen LogP contribution in [0.4, 0.5) is 5.00 Å². The van der Waals surface area contributed by atoms with Crippen molar-refractivity contribution in [3.05, 3.63) is 62.1 Å². The number of furan rings is 1. The number of benzene rings is 1. The third-order valence-corrected chi connectivity index (χ3v) is 8.20. The summed E-state index contributed by atoms with van der Waals surface area (Å²) in [4.78, 5) is 13.9. The molecule has 4 rings (SSSR count). The van der Waals surface area contributed by atoms with Crippen LogP contribution >= 0.6 is 46.8 Å². The molecule has 0 fully saturated rings. The molecule has 0 radical (unpaired) electrons. The van der Waals surface area contributed by atoms with Crippen LogP contribution in [-0.2, 0) is 12.8 Å². The van der Waals surface area contributed by atoms with E-state index in [1.54, 1.807) is 41.7 Å². The largest absolute Gasteiger partial charge is 0.451 e. The third-order valence-electron chi connectivity index (χ3n) is 6.09. The van der Waals surface area contributed by atoms with Crippen molar-refractivity contribution in [1.82, 2.24) is 5.32 Å². The van der Waals surface area contributed by atoms with E-state index in [-0.39, 0.29) is 16.3 Å².